The third-order valence-corrected chi connectivity index (χ3v) is 27.1. The third kappa shape index (κ3) is 50.9. The van der Waals surface area contributed by atoms with Crippen molar-refractivity contribution in [2.45, 2.75) is 525 Å². The predicted octanol–water partition coefficient (Wildman–Crippen LogP) is 38.5. The quantitative estimate of drug-likeness (QED) is 0.0326. The Hall–Kier alpha value is -7.50. The monoisotopic (exact) mass is 1920 g/mol. The van der Waals surface area contributed by atoms with Crippen LogP contribution in [-0.4, -0.2) is 89.9 Å². The largest absolute Gasteiger partial charge is 0.490 e. The second-order valence-electron chi connectivity index (χ2n) is 39.9. The number of nitrogens with zero attached hydrogens (tertiary/aromatic N) is 6. The van der Waals surface area contributed by atoms with Gasteiger partial charge in [0.1, 0.15) is 0 Å². The van der Waals surface area contributed by atoms with Crippen molar-refractivity contribution in [3.8, 4) is 120 Å². The van der Waals surface area contributed by atoms with Gasteiger partial charge in [0.15, 0.2) is 34.5 Å². The Labute approximate surface area is 840 Å². The van der Waals surface area contributed by atoms with Crippen LogP contribution in [0.25, 0.3) is 68.5 Å². The minimum Gasteiger partial charge on any atom is -0.490 e. The minimum atomic E-state index is 0.240. The lowest BCUT2D eigenvalue weighted by Gasteiger charge is -2.18. The number of benzene rings is 4. The molecule has 138 heavy (non-hydrogen) atoms. The number of rotatable bonds is 96. The molecule has 4 aromatic carbocycles. The van der Waals surface area contributed by atoms with Crippen molar-refractivity contribution < 1.29 is 56.2 Å². The van der Waals surface area contributed by atoms with Gasteiger partial charge in [-0.25, -0.2) is 0 Å². The van der Waals surface area contributed by atoms with Gasteiger partial charge in [-0.3, -0.25) is 0 Å². The highest BCUT2D eigenvalue weighted by atomic mass is 16.6. The van der Waals surface area contributed by atoms with Crippen molar-refractivity contribution in [2.75, 3.05) is 59.5 Å². The molecule has 0 radical (unpaired) electrons. The average Bonchev–Trinajstić information content (AvgIpc) is 1.54. The maximum atomic E-state index is 6.91. The van der Waals surface area contributed by atoms with Crippen molar-refractivity contribution in [1.29, 1.82) is 0 Å². The van der Waals surface area contributed by atoms with E-state index in [2.05, 4.69) is 62.3 Å². The molecule has 0 saturated carbocycles. The summed E-state index contributed by atoms with van der Waals surface area (Å²) in [7, 11) is 0. The predicted molar refractivity (Wildman–Crippen MR) is 576 cm³/mol. The molecule has 0 bridgehead atoms. The molecule has 18 heteroatoms. The van der Waals surface area contributed by atoms with Crippen molar-refractivity contribution in [3.05, 3.63) is 54.6 Å². The standard InChI is InChI=1S/C120H198N6O12/c1-10-19-28-37-46-55-64-73-82-127-106-94-100(95-107(128-83-74-65-56-47-38-29-20-11-2)112(106)133-88-79-70-61-52-43-34-25-16-7)115-121-118(136-124-115)103-91-104(119-122-116(125-137-119)101-96-108(129-84-75-66-57-48-39-30-21-12-3)113(134-89-80-71-62-53-44-35-26-17-8)109(97-101)130-85-76-67-58-49-40-31-22-13-4)93-105(92-103)120-123-117(126-138-120)102-98-110(131-86-77-68-59-50-41-32-23-14-5)114(135-90-81-72-63-54-45-36-27-18-9)111(99-102)132-87-78-69-60-51-42-33-24-15-6/h91-99H,10-90H2,1-9H3. The van der Waals surface area contributed by atoms with E-state index in [1.54, 1.807) is 0 Å². The number of ether oxygens (including phenoxy) is 9. The summed E-state index contributed by atoms with van der Waals surface area (Å²) in [6.45, 7) is 25.4. The third-order valence-electron chi connectivity index (χ3n) is 27.1. The Bertz CT molecular complexity index is 3510. The molecule has 7 aromatic rings. The summed E-state index contributed by atoms with van der Waals surface area (Å²) in [4.78, 5) is 15.9. The van der Waals surface area contributed by atoms with Gasteiger partial charge in [0, 0.05) is 33.4 Å². The van der Waals surface area contributed by atoms with Crippen molar-refractivity contribution in [1.82, 2.24) is 30.4 Å². The van der Waals surface area contributed by atoms with Crippen LogP contribution in [0.15, 0.2) is 68.2 Å². The molecule has 0 spiro atoms. The Kier molecular flexibility index (Phi) is 68.1. The van der Waals surface area contributed by atoms with Crippen molar-refractivity contribution >= 4 is 0 Å². The topological polar surface area (TPSA) is 200 Å². The smallest absolute Gasteiger partial charge is 0.258 e. The minimum absolute atomic E-state index is 0.240. The molecule has 18 nitrogen and oxygen atoms in total. The lowest BCUT2D eigenvalue weighted by atomic mass is 10.0. The lowest BCUT2D eigenvalue weighted by Crippen LogP contribution is -2.07. The van der Waals surface area contributed by atoms with E-state index in [-0.39, 0.29) is 17.7 Å². The first-order valence-electron chi connectivity index (χ1n) is 58.2. The molecule has 0 aliphatic heterocycles. The van der Waals surface area contributed by atoms with E-state index in [0.29, 0.717) is 162 Å². The van der Waals surface area contributed by atoms with E-state index >= 15 is 0 Å². The molecular formula is C120H198N6O12. The fourth-order valence-electron chi connectivity index (χ4n) is 18.3. The van der Waals surface area contributed by atoms with Gasteiger partial charge in [-0.05, 0) is 112 Å². The van der Waals surface area contributed by atoms with Crippen LogP contribution in [0.4, 0.5) is 0 Å². The van der Waals surface area contributed by atoms with Gasteiger partial charge in [-0.2, -0.15) is 15.0 Å². The highest BCUT2D eigenvalue weighted by molar-refractivity contribution is 5.77. The van der Waals surface area contributed by atoms with E-state index in [1.807, 2.05) is 54.6 Å². The summed E-state index contributed by atoms with van der Waals surface area (Å²) >= 11 is 0. The van der Waals surface area contributed by atoms with E-state index < -0.39 is 0 Å². The Balaban J connectivity index is 1.36. The normalized spacial score (nSPS) is 11.5. The highest BCUT2D eigenvalue weighted by Crippen LogP contribution is 2.47. The van der Waals surface area contributed by atoms with Gasteiger partial charge in [0.2, 0.25) is 34.7 Å². The Morgan fingerprint density at radius 3 is 0.428 bits per heavy atom. The van der Waals surface area contributed by atoms with Crippen molar-refractivity contribution in [3.63, 3.8) is 0 Å². The summed E-state index contributed by atoms with van der Waals surface area (Å²) in [5.41, 5.74) is 3.71. The van der Waals surface area contributed by atoms with Crippen LogP contribution in [0.3, 0.4) is 0 Å². The van der Waals surface area contributed by atoms with Gasteiger partial charge in [-0.1, -0.05) is 482 Å². The number of aromatic nitrogens is 6. The average molecular weight is 1920 g/mol. The second-order valence-corrected chi connectivity index (χ2v) is 39.9. The zero-order valence-corrected chi connectivity index (χ0v) is 89.6. The molecule has 3 heterocycles. The zero-order chi connectivity index (χ0) is 97.5. The van der Waals surface area contributed by atoms with Crippen LogP contribution >= 0.6 is 0 Å². The molecule has 0 aliphatic carbocycles. The summed E-state index contributed by atoms with van der Waals surface area (Å²) in [5, 5.41) is 14.4. The summed E-state index contributed by atoms with van der Waals surface area (Å²) < 4.78 is 81.6. The number of hydrogen-bond donors (Lipinski definition) is 0. The van der Waals surface area contributed by atoms with Gasteiger partial charge in [0.25, 0.3) is 17.7 Å². The molecule has 3 aromatic heterocycles. The molecular weight excluding hydrogens is 1720 g/mol. The number of hydrogen-bond acceptors (Lipinski definition) is 18. The fraction of sp³-hybridized carbons (Fsp3) is 0.750. The number of unbranched alkanes of at least 4 members (excludes halogenated alkanes) is 63. The fourth-order valence-corrected chi connectivity index (χ4v) is 18.3. The molecule has 0 fully saturated rings. The molecule has 0 unspecified atom stereocenters. The highest BCUT2D eigenvalue weighted by Gasteiger charge is 2.27. The first kappa shape index (κ1) is 117. The van der Waals surface area contributed by atoms with Crippen LogP contribution in [-0.2, 0) is 0 Å². The molecule has 0 saturated heterocycles. The molecule has 0 aliphatic rings. The second kappa shape index (κ2) is 80.0. The summed E-state index contributed by atoms with van der Waals surface area (Å²) in [5.74, 6) is 7.39. The van der Waals surface area contributed by atoms with E-state index in [1.165, 1.54) is 347 Å². The van der Waals surface area contributed by atoms with Crippen LogP contribution < -0.4 is 42.6 Å². The van der Waals surface area contributed by atoms with Gasteiger partial charge >= 0.3 is 0 Å². The molecule has 0 N–H and O–H groups in total. The van der Waals surface area contributed by atoms with E-state index in [0.717, 1.165) is 116 Å². The first-order chi connectivity index (χ1) is 68.3. The van der Waals surface area contributed by atoms with Crippen LogP contribution in [0.5, 0.6) is 51.7 Å². The van der Waals surface area contributed by atoms with Gasteiger partial charge in [0.05, 0.1) is 59.5 Å². The molecule has 0 amide bonds. The van der Waals surface area contributed by atoms with Crippen LogP contribution in [0.1, 0.15) is 525 Å². The van der Waals surface area contributed by atoms with E-state index in [4.69, 9.17) is 86.6 Å². The maximum absolute atomic E-state index is 6.91. The molecule has 7 rings (SSSR count). The Morgan fingerprint density at radius 1 is 0.152 bits per heavy atom. The first-order valence-corrected chi connectivity index (χ1v) is 58.2. The summed E-state index contributed by atoms with van der Waals surface area (Å²) in [6, 6.07) is 17.9. The lowest BCUT2D eigenvalue weighted by molar-refractivity contribution is 0.234. The van der Waals surface area contributed by atoms with Gasteiger partial charge < -0.3 is 56.2 Å². The van der Waals surface area contributed by atoms with Gasteiger partial charge in [-0.15, -0.1) is 0 Å². The summed E-state index contributed by atoms with van der Waals surface area (Å²) in [6.07, 6.45) is 86.1. The van der Waals surface area contributed by atoms with Crippen LogP contribution in [0.2, 0.25) is 0 Å². The van der Waals surface area contributed by atoms with Crippen molar-refractivity contribution in [2.24, 2.45) is 0 Å². The maximum Gasteiger partial charge on any atom is 0.258 e. The van der Waals surface area contributed by atoms with E-state index in [9.17, 15) is 0 Å². The Morgan fingerprint density at radius 2 is 0.283 bits per heavy atom. The zero-order valence-electron chi connectivity index (χ0n) is 89.6. The SMILES string of the molecule is CCCCCCCCCCOc1cc(-c2noc(-c3cc(-c4nc(-c5cc(OCCCCCCCCCC)c(OCCCCCCCCCC)c(OCCCCCCCCCC)c5)no4)cc(-c4nc(-c5cc(OCCCCCCCCCC)c(OCCCCCCCCCC)c(OCCCCCCCCCC)c5)no4)c3)n2)cc(OCCCCCCCCCC)c1OCCCCCCCCCC. The molecule has 0 atom stereocenters. The van der Waals surface area contributed by atoms with Crippen LogP contribution in [0, 0.1) is 0 Å². The molecule has 780 valence electrons.